The Morgan fingerprint density at radius 1 is 1.27 bits per heavy atom. The number of amides is 1. The Morgan fingerprint density at radius 2 is 1.93 bits per heavy atom. The maximum atomic E-state index is 13.4. The second-order valence-corrected chi connectivity index (χ2v) is 11.3. The SMILES string of the molecule is CCc1nc(C(=O)NCC2CCC(NS(=O)[O-])CC2)c(Cl)n1-c1ncc(CC(C)(C)C(F)(F)F)cc1OC(F)F. The van der Waals surface area contributed by atoms with Crippen LogP contribution in [0.4, 0.5) is 22.0 Å². The summed E-state index contributed by atoms with van der Waals surface area (Å²) in [5.41, 5.74) is -2.32. The summed E-state index contributed by atoms with van der Waals surface area (Å²) in [5.74, 6) is -1.07. The second kappa shape index (κ2) is 13.1. The largest absolute Gasteiger partial charge is 0.760 e. The molecule has 224 valence electrons. The summed E-state index contributed by atoms with van der Waals surface area (Å²) in [6, 6.07) is 0.899. The Morgan fingerprint density at radius 3 is 2.48 bits per heavy atom. The molecule has 0 aromatic carbocycles. The molecule has 2 aromatic rings. The van der Waals surface area contributed by atoms with Crippen LogP contribution in [-0.4, -0.2) is 54.6 Å². The lowest BCUT2D eigenvalue weighted by Crippen LogP contribution is -2.37. The Labute approximate surface area is 235 Å². The molecule has 1 aliphatic carbocycles. The summed E-state index contributed by atoms with van der Waals surface area (Å²) in [6.45, 7) is 0.641. The van der Waals surface area contributed by atoms with Crippen LogP contribution in [0.1, 0.15) is 68.3 Å². The van der Waals surface area contributed by atoms with Crippen LogP contribution in [0, 0.1) is 11.3 Å². The summed E-state index contributed by atoms with van der Waals surface area (Å²) in [7, 11) is 0. The van der Waals surface area contributed by atoms with Crippen LogP contribution in [-0.2, 0) is 24.1 Å². The first-order valence-corrected chi connectivity index (χ1v) is 14.0. The third-order valence-corrected chi connectivity index (χ3v) is 7.69. The second-order valence-electron chi connectivity index (χ2n) is 10.2. The van der Waals surface area contributed by atoms with E-state index in [9.17, 15) is 35.5 Å². The van der Waals surface area contributed by atoms with Crippen molar-refractivity contribution in [3.05, 3.63) is 34.5 Å². The number of hydrogen-bond donors (Lipinski definition) is 2. The number of carbonyl (C=O) groups excluding carboxylic acids is 1. The number of pyridine rings is 1. The fourth-order valence-electron chi connectivity index (χ4n) is 4.52. The predicted octanol–water partition coefficient (Wildman–Crippen LogP) is 4.89. The van der Waals surface area contributed by atoms with Gasteiger partial charge in [-0.3, -0.25) is 13.6 Å². The first kappa shape index (κ1) is 32.2. The minimum absolute atomic E-state index is 0.0143. The van der Waals surface area contributed by atoms with Gasteiger partial charge in [-0.05, 0) is 49.7 Å². The van der Waals surface area contributed by atoms with Crippen molar-refractivity contribution in [1.29, 1.82) is 0 Å². The quantitative estimate of drug-likeness (QED) is 0.275. The van der Waals surface area contributed by atoms with Crippen molar-refractivity contribution in [2.75, 3.05) is 6.54 Å². The Balaban J connectivity index is 1.83. The standard InChI is InChI=1S/C24H31ClF5N5O4S/c1-4-17-33-18(21(36)32-11-13-5-7-15(8-6-13)34-40(37)38)19(25)35(17)20-16(39-22(26)27)9-14(12-31-20)10-23(2,3)24(28,29)30/h9,12-13,15,22,34H,4-8,10-11H2,1-3H3,(H,32,36)(H,37,38)/p-1. The molecule has 9 nitrogen and oxygen atoms in total. The van der Waals surface area contributed by atoms with E-state index in [1.54, 1.807) is 6.92 Å². The molecule has 40 heavy (non-hydrogen) atoms. The lowest BCUT2D eigenvalue weighted by Gasteiger charge is -2.29. The lowest BCUT2D eigenvalue weighted by atomic mass is 9.85. The molecule has 1 unspecified atom stereocenters. The molecule has 0 saturated heterocycles. The van der Waals surface area contributed by atoms with Gasteiger partial charge in [0.1, 0.15) is 11.0 Å². The number of alkyl halides is 5. The van der Waals surface area contributed by atoms with Crippen molar-refractivity contribution in [2.24, 2.45) is 11.3 Å². The number of nitrogens with zero attached hydrogens (tertiary/aromatic N) is 3. The molecule has 1 saturated carbocycles. The van der Waals surface area contributed by atoms with Crippen molar-refractivity contribution in [2.45, 2.75) is 78.1 Å². The topological polar surface area (TPSA) is 121 Å². The molecule has 3 rings (SSSR count). The van der Waals surface area contributed by atoms with E-state index >= 15 is 0 Å². The van der Waals surface area contributed by atoms with Gasteiger partial charge >= 0.3 is 12.8 Å². The summed E-state index contributed by atoms with van der Waals surface area (Å²) in [6.07, 6.45) is -1.14. The molecule has 2 aromatic heterocycles. The first-order valence-electron chi connectivity index (χ1n) is 12.5. The number of carbonyl (C=O) groups is 1. The van der Waals surface area contributed by atoms with Crippen molar-refractivity contribution < 1.29 is 40.2 Å². The number of aryl methyl sites for hydroxylation is 1. The van der Waals surface area contributed by atoms with Crippen LogP contribution >= 0.6 is 11.6 Å². The lowest BCUT2D eigenvalue weighted by molar-refractivity contribution is -0.211. The third-order valence-electron chi connectivity index (χ3n) is 6.81. The number of imidazole rings is 1. The predicted molar refractivity (Wildman–Crippen MR) is 136 cm³/mol. The van der Waals surface area contributed by atoms with Crippen LogP contribution in [0.15, 0.2) is 12.3 Å². The molecular weight excluding hydrogens is 585 g/mol. The van der Waals surface area contributed by atoms with Crippen LogP contribution in [0.25, 0.3) is 5.82 Å². The third kappa shape index (κ3) is 7.89. The molecule has 16 heteroatoms. The number of halogens is 6. The van der Waals surface area contributed by atoms with Crippen LogP contribution in [0.5, 0.6) is 5.75 Å². The molecule has 0 bridgehead atoms. The summed E-state index contributed by atoms with van der Waals surface area (Å²) in [5, 5.41) is 2.53. The Kier molecular flexibility index (Phi) is 10.5. The van der Waals surface area contributed by atoms with E-state index in [0.29, 0.717) is 32.2 Å². The van der Waals surface area contributed by atoms with Gasteiger partial charge in [-0.1, -0.05) is 32.4 Å². The van der Waals surface area contributed by atoms with Crippen molar-refractivity contribution >= 4 is 28.8 Å². The highest BCUT2D eigenvalue weighted by molar-refractivity contribution is 7.77. The van der Waals surface area contributed by atoms with Gasteiger partial charge in [-0.15, -0.1) is 0 Å². The molecule has 0 spiro atoms. The fourth-order valence-corrected chi connectivity index (χ4v) is 5.33. The highest BCUT2D eigenvalue weighted by atomic mass is 35.5. The van der Waals surface area contributed by atoms with Gasteiger partial charge in [-0.2, -0.15) is 22.0 Å². The van der Waals surface area contributed by atoms with Crippen LogP contribution in [0.2, 0.25) is 5.15 Å². The average molecular weight is 615 g/mol. The Hall–Kier alpha value is -2.36. The highest BCUT2D eigenvalue weighted by Crippen LogP contribution is 2.41. The summed E-state index contributed by atoms with van der Waals surface area (Å²) in [4.78, 5) is 21.3. The molecule has 2 heterocycles. The van der Waals surface area contributed by atoms with Gasteiger partial charge in [0.15, 0.2) is 17.3 Å². The molecule has 1 amide bonds. The van der Waals surface area contributed by atoms with Gasteiger partial charge in [0.05, 0.1) is 5.41 Å². The van der Waals surface area contributed by atoms with Crippen LogP contribution in [0.3, 0.4) is 0 Å². The summed E-state index contributed by atoms with van der Waals surface area (Å²) >= 11 is 4.14. The van der Waals surface area contributed by atoms with Gasteiger partial charge in [0.25, 0.3) is 5.91 Å². The van der Waals surface area contributed by atoms with E-state index < -0.39 is 47.5 Å². The van der Waals surface area contributed by atoms with Gasteiger partial charge in [0, 0.05) is 36.5 Å². The number of aromatic nitrogens is 3. The maximum absolute atomic E-state index is 13.4. The van der Waals surface area contributed by atoms with Crippen molar-refractivity contribution in [3.63, 3.8) is 0 Å². The van der Waals surface area contributed by atoms with E-state index in [4.69, 9.17) is 11.6 Å². The van der Waals surface area contributed by atoms with E-state index in [0.717, 1.165) is 30.7 Å². The van der Waals surface area contributed by atoms with Crippen molar-refractivity contribution in [1.82, 2.24) is 24.6 Å². The number of ether oxygens (including phenoxy) is 1. The zero-order valence-corrected chi connectivity index (χ0v) is 23.6. The van der Waals surface area contributed by atoms with Gasteiger partial charge in [0.2, 0.25) is 0 Å². The Bertz CT molecular complexity index is 1220. The molecule has 1 atom stereocenters. The molecule has 1 aliphatic rings. The minimum Gasteiger partial charge on any atom is -0.760 e. The monoisotopic (exact) mass is 614 g/mol. The zero-order chi connectivity index (χ0) is 29.8. The molecule has 1 fully saturated rings. The molecule has 2 N–H and O–H groups in total. The highest BCUT2D eigenvalue weighted by Gasteiger charge is 2.47. The van der Waals surface area contributed by atoms with Gasteiger partial charge < -0.3 is 14.6 Å². The normalized spacial score (nSPS) is 19.1. The van der Waals surface area contributed by atoms with E-state index in [2.05, 4.69) is 24.7 Å². The number of rotatable bonds is 11. The summed E-state index contributed by atoms with van der Waals surface area (Å²) < 4.78 is 96.5. The zero-order valence-electron chi connectivity index (χ0n) is 22.0. The van der Waals surface area contributed by atoms with E-state index in [-0.39, 0.29) is 46.4 Å². The first-order chi connectivity index (χ1) is 18.6. The minimum atomic E-state index is -4.55. The van der Waals surface area contributed by atoms with Crippen LogP contribution < -0.4 is 14.8 Å². The number of hydrogen-bond acceptors (Lipinski definition) is 6. The molecular formula is C24H30ClF5N5O4S-. The fraction of sp³-hybridized carbons (Fsp3) is 0.625. The van der Waals surface area contributed by atoms with E-state index in [1.165, 1.54) is 0 Å². The average Bonchev–Trinajstić information content (AvgIpc) is 3.18. The number of nitrogens with one attached hydrogen (secondary N) is 2. The molecule has 0 aliphatic heterocycles. The van der Waals surface area contributed by atoms with Gasteiger partial charge in [-0.25, -0.2) is 14.7 Å². The van der Waals surface area contributed by atoms with E-state index in [1.807, 2.05) is 0 Å². The maximum Gasteiger partial charge on any atom is 0.394 e. The molecule has 0 radical (unpaired) electrons. The van der Waals surface area contributed by atoms with Crippen molar-refractivity contribution in [3.8, 4) is 11.6 Å². The smallest absolute Gasteiger partial charge is 0.394 e.